The zero-order valence-electron chi connectivity index (χ0n) is 31.4. The molecule has 288 valence electrons. The maximum Gasteiger partial charge on any atom is 0.409 e. The molecule has 1 aromatic carbocycles. The molecule has 9 atom stereocenters. The van der Waals surface area contributed by atoms with Crippen LogP contribution >= 0.6 is 23.4 Å². The van der Waals surface area contributed by atoms with Crippen molar-refractivity contribution in [1.29, 1.82) is 0 Å². The Bertz CT molecular complexity index is 1590. The van der Waals surface area contributed by atoms with Crippen LogP contribution in [-0.4, -0.2) is 109 Å². The number of epoxide rings is 1. The molecule has 2 saturated heterocycles. The zero-order chi connectivity index (χ0) is 38.7. The van der Waals surface area contributed by atoms with Crippen molar-refractivity contribution in [3.8, 4) is 5.75 Å². The first-order chi connectivity index (χ1) is 24.4. The number of nitrogens with one attached hydrogen (secondary N) is 1. The first-order valence-corrected chi connectivity index (χ1v) is 19.2. The number of carbonyl (C=O) groups excluding carboxylic acids is 4. The lowest BCUT2D eigenvalue weighted by atomic mass is 9.82. The van der Waals surface area contributed by atoms with Gasteiger partial charge in [-0.05, 0) is 63.3 Å². The molecule has 0 spiro atoms. The summed E-state index contributed by atoms with van der Waals surface area (Å²) in [7, 11) is 4.56. The van der Waals surface area contributed by atoms with Crippen molar-refractivity contribution in [2.75, 3.05) is 38.1 Å². The van der Waals surface area contributed by atoms with Crippen molar-refractivity contribution >= 4 is 52.9 Å². The number of amides is 3. The van der Waals surface area contributed by atoms with E-state index >= 15 is 0 Å². The maximum atomic E-state index is 14.1. The van der Waals surface area contributed by atoms with Gasteiger partial charge in [-0.2, -0.15) is 11.8 Å². The molecule has 3 aliphatic heterocycles. The number of alkyl carbamates (subject to hydrolysis) is 1. The van der Waals surface area contributed by atoms with Crippen LogP contribution in [0.2, 0.25) is 5.02 Å². The van der Waals surface area contributed by atoms with Gasteiger partial charge in [-0.1, -0.05) is 49.2 Å². The fourth-order valence-electron chi connectivity index (χ4n) is 6.73. The van der Waals surface area contributed by atoms with Gasteiger partial charge >= 0.3 is 12.1 Å². The van der Waals surface area contributed by atoms with Crippen molar-refractivity contribution in [3.63, 3.8) is 0 Å². The highest BCUT2D eigenvalue weighted by Gasteiger charge is 2.64. The predicted octanol–water partition coefficient (Wildman–Crippen LogP) is 4.22. The normalized spacial score (nSPS) is 32.2. The minimum Gasteiger partial charge on any atom is -0.495 e. The Hall–Kier alpha value is -3.30. The fraction of sp³-hybridized carbons (Fsp3) is 0.622. The largest absolute Gasteiger partial charge is 0.495 e. The van der Waals surface area contributed by atoms with Crippen LogP contribution in [0.15, 0.2) is 35.9 Å². The lowest BCUT2D eigenvalue weighted by Gasteiger charge is -2.41. The van der Waals surface area contributed by atoms with E-state index in [2.05, 4.69) is 5.32 Å². The van der Waals surface area contributed by atoms with E-state index in [9.17, 15) is 24.3 Å². The standard InChI is InChI=1S/C37H53ClN4O9S/c1-20-11-10-12-21(2)37(47)19-28(49-35(46)40-37)22(3)32-36(5,51-32)29(50-34(45)23(4)41(6)33(44)25(39)13-14-52-9)18-30(43)42(7)26-16-24(15-20)17-27(48-8)31(26)38/h10-12,16-17,21-23,25,28-29,32,47H,13-15,18-19,39H2,1-9H3,(H,40,46)/b12-10+,20-11+/t21?,22?,23-,25?,28?,29?,32?,36?,37?/m0/s1. The minimum atomic E-state index is -1.62. The number of allylic oxidation sites excluding steroid dienone is 3. The number of ether oxygens (including phenoxy) is 4. The molecule has 13 nitrogen and oxygen atoms in total. The average Bonchev–Trinajstić information content (AvgIpc) is 3.80. The number of aliphatic hydroxyl groups is 1. The molecule has 1 aromatic rings. The van der Waals surface area contributed by atoms with Gasteiger partial charge in [-0.25, -0.2) is 9.59 Å². The molecule has 3 heterocycles. The van der Waals surface area contributed by atoms with Gasteiger partial charge in [-0.15, -0.1) is 0 Å². The van der Waals surface area contributed by atoms with Crippen molar-refractivity contribution < 1.29 is 43.2 Å². The minimum absolute atomic E-state index is 0.0566. The molecule has 8 unspecified atom stereocenters. The lowest BCUT2D eigenvalue weighted by molar-refractivity contribution is -0.162. The second-order valence-corrected chi connectivity index (χ2v) is 15.7. The third-order valence-corrected chi connectivity index (χ3v) is 11.6. The van der Waals surface area contributed by atoms with Gasteiger partial charge < -0.3 is 39.6 Å². The Balaban J connectivity index is 1.73. The highest BCUT2D eigenvalue weighted by Crippen LogP contribution is 2.49. The van der Waals surface area contributed by atoms with E-state index in [0.29, 0.717) is 30.0 Å². The number of hydrogen-bond acceptors (Lipinski definition) is 11. The first-order valence-electron chi connectivity index (χ1n) is 17.4. The van der Waals surface area contributed by atoms with Crippen LogP contribution in [0, 0.1) is 11.8 Å². The second kappa shape index (κ2) is 16.8. The number of likely N-dealkylation sites (N-methyl/N-ethyl adjacent to an activating group) is 1. The molecule has 0 saturated carbocycles. The van der Waals surface area contributed by atoms with Crippen LogP contribution in [0.1, 0.15) is 59.4 Å². The Morgan fingerprint density at radius 3 is 2.63 bits per heavy atom. The van der Waals surface area contributed by atoms with Gasteiger partial charge in [0.25, 0.3) is 0 Å². The summed E-state index contributed by atoms with van der Waals surface area (Å²) in [5.41, 5.74) is 5.50. The van der Waals surface area contributed by atoms with Crippen molar-refractivity contribution in [2.45, 2.75) is 102 Å². The third-order valence-electron chi connectivity index (χ3n) is 10.6. The number of methoxy groups -OCH3 is 1. The average molecular weight is 765 g/mol. The van der Waals surface area contributed by atoms with Crippen LogP contribution in [0.5, 0.6) is 5.75 Å². The van der Waals surface area contributed by atoms with Gasteiger partial charge in [0.2, 0.25) is 11.8 Å². The van der Waals surface area contributed by atoms with E-state index in [0.717, 1.165) is 11.1 Å². The van der Waals surface area contributed by atoms with Crippen molar-refractivity contribution in [2.24, 2.45) is 17.6 Å². The number of halogens is 1. The molecule has 0 aliphatic carbocycles. The molecule has 2 fully saturated rings. The Morgan fingerprint density at radius 1 is 1.29 bits per heavy atom. The first kappa shape index (κ1) is 41.5. The second-order valence-electron chi connectivity index (χ2n) is 14.4. The van der Waals surface area contributed by atoms with Crippen LogP contribution in [0.3, 0.4) is 0 Å². The topological polar surface area (TPSA) is 173 Å². The van der Waals surface area contributed by atoms with Crippen LogP contribution < -0.4 is 20.7 Å². The monoisotopic (exact) mass is 764 g/mol. The lowest BCUT2D eigenvalue weighted by Crippen LogP contribution is -2.60. The predicted molar refractivity (Wildman–Crippen MR) is 200 cm³/mol. The van der Waals surface area contributed by atoms with E-state index in [-0.39, 0.29) is 17.9 Å². The summed E-state index contributed by atoms with van der Waals surface area (Å²) in [6, 6.07) is 1.79. The quantitative estimate of drug-likeness (QED) is 0.256. The summed E-state index contributed by atoms with van der Waals surface area (Å²) in [4.78, 5) is 56.3. The molecule has 0 radical (unpaired) electrons. The van der Waals surface area contributed by atoms with Crippen molar-refractivity contribution in [3.05, 3.63) is 46.5 Å². The zero-order valence-corrected chi connectivity index (χ0v) is 33.0. The number of fused-ring (bicyclic) bond motifs is 5. The third kappa shape index (κ3) is 9.07. The highest BCUT2D eigenvalue weighted by atomic mass is 35.5. The summed E-state index contributed by atoms with van der Waals surface area (Å²) in [6.07, 6.45) is 4.86. The van der Waals surface area contributed by atoms with Gasteiger partial charge in [0.1, 0.15) is 40.3 Å². The van der Waals surface area contributed by atoms with E-state index < -0.39 is 77.4 Å². The number of anilines is 1. The molecule has 4 rings (SSSR count). The summed E-state index contributed by atoms with van der Waals surface area (Å²) < 4.78 is 23.6. The number of esters is 1. The maximum absolute atomic E-state index is 14.1. The molecular weight excluding hydrogens is 712 g/mol. The van der Waals surface area contributed by atoms with E-state index in [1.165, 1.54) is 30.9 Å². The molecule has 0 aromatic heterocycles. The number of carbonyl (C=O) groups is 4. The smallest absolute Gasteiger partial charge is 0.409 e. The molecule has 3 amide bonds. The number of nitrogens with zero attached hydrogens (tertiary/aromatic N) is 2. The number of rotatable bonds is 8. The molecular formula is C37H53ClN4O9S. The van der Waals surface area contributed by atoms with Gasteiger partial charge in [0.15, 0.2) is 0 Å². The van der Waals surface area contributed by atoms with Crippen LogP contribution in [-0.2, 0) is 35.0 Å². The molecule has 52 heavy (non-hydrogen) atoms. The molecule has 3 aliphatic rings. The summed E-state index contributed by atoms with van der Waals surface area (Å²) in [5, 5.41) is 14.5. The van der Waals surface area contributed by atoms with Crippen LogP contribution in [0.25, 0.3) is 0 Å². The van der Waals surface area contributed by atoms with Gasteiger partial charge in [0.05, 0.1) is 31.4 Å². The number of nitrogens with two attached hydrogens (primary N) is 1. The van der Waals surface area contributed by atoms with E-state index in [4.69, 9.17) is 36.3 Å². The molecule has 4 N–H and O–H groups in total. The number of hydrogen-bond donors (Lipinski definition) is 3. The van der Waals surface area contributed by atoms with Crippen molar-refractivity contribution in [1.82, 2.24) is 10.2 Å². The molecule has 4 bridgehead atoms. The number of benzene rings is 1. The van der Waals surface area contributed by atoms with Gasteiger partial charge in [0, 0.05) is 32.4 Å². The van der Waals surface area contributed by atoms with E-state index in [1.807, 2.05) is 44.4 Å². The Labute approximate surface area is 315 Å². The fourth-order valence-corrected chi connectivity index (χ4v) is 7.53. The Morgan fingerprint density at radius 2 is 1.98 bits per heavy atom. The summed E-state index contributed by atoms with van der Waals surface area (Å²) >= 11 is 8.32. The van der Waals surface area contributed by atoms with E-state index in [1.54, 1.807) is 38.7 Å². The Kier molecular flexibility index (Phi) is 13.4. The number of thioether (sulfide) groups is 1. The highest BCUT2D eigenvalue weighted by molar-refractivity contribution is 7.98. The summed E-state index contributed by atoms with van der Waals surface area (Å²) in [6.45, 7) is 8.84. The van der Waals surface area contributed by atoms with Crippen LogP contribution in [0.4, 0.5) is 10.5 Å². The molecule has 15 heteroatoms. The SMILES string of the molecule is COc1cc2cc(c1Cl)N(C)C(=O)CC(OC(=O)[C@H](C)N(C)C(=O)C(N)CCSC)C1(C)OC1C(C)C1CC(O)(NC(=O)O1)C(C)/C=C/C=C(\C)C2. The summed E-state index contributed by atoms with van der Waals surface area (Å²) in [5.74, 6) is -1.50. The van der Waals surface area contributed by atoms with Gasteiger partial charge in [-0.3, -0.25) is 14.9 Å².